The summed E-state index contributed by atoms with van der Waals surface area (Å²) in [5.41, 5.74) is 8.24. The van der Waals surface area contributed by atoms with E-state index >= 15 is 0 Å². The number of methoxy groups -OCH3 is 1. The second kappa shape index (κ2) is 5.40. The smallest absolute Gasteiger partial charge is 0.126 e. The molecule has 2 aromatic rings. The summed E-state index contributed by atoms with van der Waals surface area (Å²) < 4.78 is 7.29. The number of aromatic nitrogens is 2. The van der Waals surface area contributed by atoms with Gasteiger partial charge in [-0.05, 0) is 18.6 Å². The van der Waals surface area contributed by atoms with Crippen LogP contribution >= 0.6 is 0 Å². The molecule has 0 fully saturated rings. The van der Waals surface area contributed by atoms with Crippen molar-refractivity contribution >= 4 is 11.0 Å². The van der Waals surface area contributed by atoms with Crippen molar-refractivity contribution < 1.29 is 4.74 Å². The summed E-state index contributed by atoms with van der Waals surface area (Å²) in [5, 5.41) is 0. The van der Waals surface area contributed by atoms with Crippen molar-refractivity contribution in [2.75, 3.05) is 7.11 Å². The van der Waals surface area contributed by atoms with Gasteiger partial charge in [0.05, 0.1) is 24.2 Å². The van der Waals surface area contributed by atoms with Crippen molar-refractivity contribution in [3.05, 3.63) is 24.0 Å². The Hall–Kier alpha value is -1.55. The van der Waals surface area contributed by atoms with Gasteiger partial charge in [-0.2, -0.15) is 0 Å². The Bertz CT molecular complexity index is 533. The second-order valence-electron chi connectivity index (χ2n) is 4.63. The van der Waals surface area contributed by atoms with Gasteiger partial charge in [0.1, 0.15) is 11.6 Å². The van der Waals surface area contributed by atoms with Gasteiger partial charge < -0.3 is 15.0 Å². The van der Waals surface area contributed by atoms with E-state index < -0.39 is 0 Å². The lowest BCUT2D eigenvalue weighted by Gasteiger charge is -2.10. The summed E-state index contributed by atoms with van der Waals surface area (Å²) in [7, 11) is 3.68. The molecule has 0 amide bonds. The number of aryl methyl sites for hydroxylation is 1. The molecule has 1 unspecified atom stereocenters. The Labute approximate surface area is 108 Å². The molecule has 1 aromatic carbocycles. The average molecular weight is 247 g/mol. The van der Waals surface area contributed by atoms with Crippen LogP contribution in [0.1, 0.15) is 38.1 Å². The van der Waals surface area contributed by atoms with Crippen molar-refractivity contribution in [2.45, 2.75) is 32.2 Å². The Kier molecular flexibility index (Phi) is 3.87. The van der Waals surface area contributed by atoms with Crippen LogP contribution in [-0.4, -0.2) is 16.7 Å². The number of fused-ring (bicyclic) bond motifs is 1. The van der Waals surface area contributed by atoms with Crippen LogP contribution < -0.4 is 10.5 Å². The highest BCUT2D eigenvalue weighted by Crippen LogP contribution is 2.24. The van der Waals surface area contributed by atoms with Crippen molar-refractivity contribution in [1.29, 1.82) is 0 Å². The van der Waals surface area contributed by atoms with Crippen LogP contribution in [0.25, 0.3) is 11.0 Å². The zero-order valence-electron chi connectivity index (χ0n) is 11.3. The number of unbranched alkanes of at least 4 members (excludes halogenated alkanes) is 1. The van der Waals surface area contributed by atoms with Gasteiger partial charge in [-0.3, -0.25) is 0 Å². The third kappa shape index (κ3) is 2.34. The van der Waals surface area contributed by atoms with Crippen LogP contribution in [0, 0.1) is 0 Å². The van der Waals surface area contributed by atoms with Crippen molar-refractivity contribution in [3.8, 4) is 5.75 Å². The zero-order chi connectivity index (χ0) is 13.1. The van der Waals surface area contributed by atoms with Crippen molar-refractivity contribution in [2.24, 2.45) is 12.8 Å². The van der Waals surface area contributed by atoms with Crippen molar-refractivity contribution in [3.63, 3.8) is 0 Å². The Morgan fingerprint density at radius 3 is 2.89 bits per heavy atom. The first kappa shape index (κ1) is 12.9. The molecule has 0 aliphatic carbocycles. The van der Waals surface area contributed by atoms with Crippen LogP contribution in [0.15, 0.2) is 18.2 Å². The van der Waals surface area contributed by atoms with E-state index in [1.807, 2.05) is 25.2 Å². The quantitative estimate of drug-likeness (QED) is 0.884. The van der Waals surface area contributed by atoms with Crippen LogP contribution in [0.5, 0.6) is 5.75 Å². The fraction of sp³-hybridized carbons (Fsp3) is 0.500. The molecular formula is C14H21N3O. The van der Waals surface area contributed by atoms with Crippen LogP contribution in [0.3, 0.4) is 0 Å². The van der Waals surface area contributed by atoms with Gasteiger partial charge >= 0.3 is 0 Å². The maximum Gasteiger partial charge on any atom is 0.126 e. The molecule has 4 nitrogen and oxygen atoms in total. The molecule has 0 spiro atoms. The molecular weight excluding hydrogens is 226 g/mol. The van der Waals surface area contributed by atoms with E-state index in [9.17, 15) is 0 Å². The van der Waals surface area contributed by atoms with Gasteiger partial charge in [0, 0.05) is 13.1 Å². The highest BCUT2D eigenvalue weighted by atomic mass is 16.5. The fourth-order valence-corrected chi connectivity index (χ4v) is 2.21. The van der Waals surface area contributed by atoms with Gasteiger partial charge in [-0.1, -0.05) is 19.8 Å². The SMILES string of the molecule is CCCCC(N)c1nc2cc(OC)ccc2n1C. The summed E-state index contributed by atoms with van der Waals surface area (Å²) in [6, 6.07) is 5.93. The maximum absolute atomic E-state index is 6.20. The average Bonchev–Trinajstić information content (AvgIpc) is 2.72. The Morgan fingerprint density at radius 2 is 2.22 bits per heavy atom. The van der Waals surface area contributed by atoms with Gasteiger partial charge in [-0.25, -0.2) is 4.98 Å². The molecule has 0 bridgehead atoms. The van der Waals surface area contributed by atoms with E-state index in [0.717, 1.165) is 41.9 Å². The number of hydrogen-bond acceptors (Lipinski definition) is 3. The largest absolute Gasteiger partial charge is 0.497 e. The summed E-state index contributed by atoms with van der Waals surface area (Å²) >= 11 is 0. The maximum atomic E-state index is 6.20. The molecule has 18 heavy (non-hydrogen) atoms. The number of ether oxygens (including phenoxy) is 1. The fourth-order valence-electron chi connectivity index (χ4n) is 2.21. The minimum absolute atomic E-state index is 0.00773. The lowest BCUT2D eigenvalue weighted by atomic mass is 10.1. The van der Waals surface area contributed by atoms with Gasteiger partial charge in [-0.15, -0.1) is 0 Å². The molecule has 2 N–H and O–H groups in total. The summed E-state index contributed by atoms with van der Waals surface area (Å²) in [4.78, 5) is 4.63. The molecule has 2 rings (SSSR count). The molecule has 4 heteroatoms. The van der Waals surface area contributed by atoms with Crippen LogP contribution in [0.2, 0.25) is 0 Å². The predicted octanol–water partition coefficient (Wildman–Crippen LogP) is 2.77. The Morgan fingerprint density at radius 1 is 1.44 bits per heavy atom. The van der Waals surface area contributed by atoms with Gasteiger partial charge in [0.15, 0.2) is 0 Å². The molecule has 1 atom stereocenters. The molecule has 0 aliphatic rings. The standard InChI is InChI=1S/C14H21N3O/c1-4-5-6-11(15)14-16-12-9-10(18-3)7-8-13(12)17(14)2/h7-9,11H,4-6,15H2,1-3H3. The number of nitrogens with two attached hydrogens (primary N) is 1. The molecule has 0 radical (unpaired) electrons. The third-order valence-corrected chi connectivity index (χ3v) is 3.32. The number of benzene rings is 1. The molecule has 0 aliphatic heterocycles. The van der Waals surface area contributed by atoms with E-state index in [1.165, 1.54) is 0 Å². The highest BCUT2D eigenvalue weighted by molar-refractivity contribution is 5.77. The summed E-state index contributed by atoms with van der Waals surface area (Å²) in [6.45, 7) is 2.17. The van der Waals surface area contributed by atoms with Crippen LogP contribution in [-0.2, 0) is 7.05 Å². The lowest BCUT2D eigenvalue weighted by Crippen LogP contribution is -2.15. The van der Waals surface area contributed by atoms with E-state index in [1.54, 1.807) is 7.11 Å². The monoisotopic (exact) mass is 247 g/mol. The summed E-state index contributed by atoms with van der Waals surface area (Å²) in [6.07, 6.45) is 3.27. The minimum Gasteiger partial charge on any atom is -0.497 e. The number of rotatable bonds is 5. The highest BCUT2D eigenvalue weighted by Gasteiger charge is 2.14. The zero-order valence-corrected chi connectivity index (χ0v) is 11.3. The number of imidazole rings is 1. The van der Waals surface area contributed by atoms with E-state index in [4.69, 9.17) is 10.5 Å². The number of hydrogen-bond donors (Lipinski definition) is 1. The van der Waals surface area contributed by atoms with E-state index in [-0.39, 0.29) is 6.04 Å². The first-order valence-corrected chi connectivity index (χ1v) is 6.43. The molecule has 0 saturated heterocycles. The molecule has 98 valence electrons. The number of nitrogens with zero attached hydrogens (tertiary/aromatic N) is 2. The van der Waals surface area contributed by atoms with E-state index in [0.29, 0.717) is 0 Å². The Balaban J connectivity index is 2.37. The molecule has 0 saturated carbocycles. The minimum atomic E-state index is 0.00773. The van der Waals surface area contributed by atoms with E-state index in [2.05, 4.69) is 16.5 Å². The van der Waals surface area contributed by atoms with Gasteiger partial charge in [0.25, 0.3) is 0 Å². The molecule has 1 aromatic heterocycles. The second-order valence-corrected chi connectivity index (χ2v) is 4.63. The predicted molar refractivity (Wildman–Crippen MR) is 73.7 cm³/mol. The van der Waals surface area contributed by atoms with Crippen LogP contribution in [0.4, 0.5) is 0 Å². The lowest BCUT2D eigenvalue weighted by molar-refractivity contribution is 0.415. The third-order valence-electron chi connectivity index (χ3n) is 3.32. The first-order valence-electron chi connectivity index (χ1n) is 6.43. The molecule has 1 heterocycles. The normalized spacial score (nSPS) is 12.9. The van der Waals surface area contributed by atoms with Gasteiger partial charge in [0.2, 0.25) is 0 Å². The van der Waals surface area contributed by atoms with Crippen molar-refractivity contribution in [1.82, 2.24) is 9.55 Å². The summed E-state index contributed by atoms with van der Waals surface area (Å²) in [5.74, 6) is 1.78. The first-order chi connectivity index (χ1) is 8.67. The topological polar surface area (TPSA) is 53.1 Å².